The molecule has 0 aromatic heterocycles. The van der Waals surface area contributed by atoms with Crippen molar-refractivity contribution >= 4 is 0 Å². The fraction of sp³-hybridized carbons (Fsp3) is 0.333. The summed E-state index contributed by atoms with van der Waals surface area (Å²) in [5.41, 5.74) is 2.66. The predicted octanol–water partition coefficient (Wildman–Crippen LogP) is 2.94. The van der Waals surface area contributed by atoms with E-state index in [0.717, 1.165) is 6.54 Å². The molecule has 0 radical (unpaired) electrons. The van der Waals surface area contributed by atoms with E-state index in [1.807, 2.05) is 0 Å². The van der Waals surface area contributed by atoms with E-state index < -0.39 is 0 Å². The average molecular weight is 175 g/mol. The van der Waals surface area contributed by atoms with Crippen LogP contribution in [0, 0.1) is 0 Å². The summed E-state index contributed by atoms with van der Waals surface area (Å²) in [5.74, 6) is 0. The molecule has 0 unspecified atom stereocenters. The minimum absolute atomic E-state index is 0.884. The maximum Gasteiger partial charge on any atom is 0.0355 e. The van der Waals surface area contributed by atoms with Gasteiger partial charge in [0.1, 0.15) is 0 Å². The fourth-order valence-corrected chi connectivity index (χ4v) is 1.31. The first-order valence-corrected chi connectivity index (χ1v) is 4.71. The van der Waals surface area contributed by atoms with Crippen LogP contribution in [0.5, 0.6) is 0 Å². The van der Waals surface area contributed by atoms with Crippen LogP contribution in [0.1, 0.15) is 19.8 Å². The third kappa shape index (κ3) is 3.79. The minimum Gasteiger partial charge on any atom is -0.388 e. The molecule has 0 aliphatic heterocycles. The van der Waals surface area contributed by atoms with Crippen LogP contribution in [0.2, 0.25) is 0 Å². The Hall–Kier alpha value is -1.24. The first-order chi connectivity index (χ1) is 6.33. The summed E-state index contributed by atoms with van der Waals surface area (Å²) in [6.07, 6.45) is 13.0. The fourth-order valence-electron chi connectivity index (χ4n) is 1.31. The van der Waals surface area contributed by atoms with E-state index in [1.165, 1.54) is 24.0 Å². The summed E-state index contributed by atoms with van der Waals surface area (Å²) in [4.78, 5) is 0. The Bertz CT molecular complexity index is 256. The van der Waals surface area contributed by atoms with Crippen molar-refractivity contribution in [3.05, 3.63) is 48.2 Å². The van der Waals surface area contributed by atoms with E-state index in [9.17, 15) is 0 Å². The second kappa shape index (κ2) is 5.41. The summed E-state index contributed by atoms with van der Waals surface area (Å²) >= 11 is 0. The molecule has 0 bridgehead atoms. The minimum atomic E-state index is 0.884. The average Bonchev–Trinajstić information content (AvgIpc) is 2.16. The Balaban J connectivity index is 2.48. The van der Waals surface area contributed by atoms with E-state index in [0.29, 0.717) is 0 Å². The third-order valence-electron chi connectivity index (χ3n) is 1.96. The van der Waals surface area contributed by atoms with Crippen molar-refractivity contribution in [2.45, 2.75) is 19.8 Å². The Morgan fingerprint density at radius 1 is 1.62 bits per heavy atom. The maximum atomic E-state index is 3.61. The highest BCUT2D eigenvalue weighted by atomic mass is 14.8. The zero-order valence-electron chi connectivity index (χ0n) is 8.22. The zero-order valence-corrected chi connectivity index (χ0v) is 8.22. The van der Waals surface area contributed by atoms with Gasteiger partial charge in [-0.3, -0.25) is 0 Å². The van der Waals surface area contributed by atoms with E-state index in [4.69, 9.17) is 0 Å². The summed E-state index contributed by atoms with van der Waals surface area (Å²) in [5, 5.41) is 3.08. The van der Waals surface area contributed by atoms with Crippen LogP contribution in [-0.4, -0.2) is 6.54 Å². The lowest BCUT2D eigenvalue weighted by molar-refractivity contribution is 0.936. The highest BCUT2D eigenvalue weighted by molar-refractivity contribution is 5.35. The normalized spacial score (nSPS) is 16.7. The van der Waals surface area contributed by atoms with Gasteiger partial charge in [0.2, 0.25) is 0 Å². The molecule has 1 N–H and O–H groups in total. The molecule has 0 aromatic rings. The molecule has 0 saturated carbocycles. The zero-order chi connectivity index (χ0) is 9.52. The topological polar surface area (TPSA) is 12.0 Å². The van der Waals surface area contributed by atoms with Gasteiger partial charge in [0.15, 0.2) is 0 Å². The van der Waals surface area contributed by atoms with Gasteiger partial charge in [-0.15, -0.1) is 0 Å². The van der Waals surface area contributed by atoms with Crippen LogP contribution >= 0.6 is 0 Å². The highest BCUT2D eigenvalue weighted by Gasteiger charge is 1.94. The van der Waals surface area contributed by atoms with Crippen molar-refractivity contribution < 1.29 is 0 Å². The lowest BCUT2D eigenvalue weighted by atomic mass is 10.0. The van der Waals surface area contributed by atoms with Crippen molar-refractivity contribution in [3.63, 3.8) is 0 Å². The molecule has 1 heteroatoms. The van der Waals surface area contributed by atoms with Gasteiger partial charge in [0, 0.05) is 6.54 Å². The molecule has 0 heterocycles. The number of rotatable bonds is 4. The van der Waals surface area contributed by atoms with Crippen LogP contribution in [0.25, 0.3) is 0 Å². The molecule has 1 nitrogen and oxygen atoms in total. The largest absolute Gasteiger partial charge is 0.388 e. The molecular weight excluding hydrogens is 158 g/mol. The summed E-state index contributed by atoms with van der Waals surface area (Å²) in [6, 6.07) is 0. The summed E-state index contributed by atoms with van der Waals surface area (Å²) in [6.45, 7) is 6.62. The molecule has 1 aliphatic carbocycles. The second-order valence-corrected chi connectivity index (χ2v) is 3.26. The van der Waals surface area contributed by atoms with Gasteiger partial charge in [-0.05, 0) is 31.5 Å². The van der Waals surface area contributed by atoms with Crippen molar-refractivity contribution in [2.24, 2.45) is 0 Å². The first kappa shape index (κ1) is 9.85. The molecule has 0 amide bonds. The van der Waals surface area contributed by atoms with Gasteiger partial charge >= 0.3 is 0 Å². The Labute approximate surface area is 80.5 Å². The van der Waals surface area contributed by atoms with Gasteiger partial charge < -0.3 is 5.32 Å². The smallest absolute Gasteiger partial charge is 0.0355 e. The SMILES string of the molecule is C=CNC/C(C)=C/C1=CCCC=C1. The number of allylic oxidation sites excluding steroid dienone is 5. The third-order valence-corrected chi connectivity index (χ3v) is 1.96. The highest BCUT2D eigenvalue weighted by Crippen LogP contribution is 2.12. The second-order valence-electron chi connectivity index (χ2n) is 3.26. The molecule has 0 spiro atoms. The van der Waals surface area contributed by atoms with Crippen LogP contribution in [-0.2, 0) is 0 Å². The Kier molecular flexibility index (Phi) is 4.10. The van der Waals surface area contributed by atoms with E-state index in [1.54, 1.807) is 6.20 Å². The Morgan fingerprint density at radius 3 is 3.08 bits per heavy atom. The summed E-state index contributed by atoms with van der Waals surface area (Å²) < 4.78 is 0. The van der Waals surface area contributed by atoms with Crippen LogP contribution < -0.4 is 5.32 Å². The van der Waals surface area contributed by atoms with Crippen LogP contribution in [0.15, 0.2) is 48.2 Å². The molecular formula is C12H17N. The van der Waals surface area contributed by atoms with Gasteiger partial charge in [-0.25, -0.2) is 0 Å². The molecule has 1 aliphatic rings. The first-order valence-electron chi connectivity index (χ1n) is 4.71. The van der Waals surface area contributed by atoms with E-state index in [-0.39, 0.29) is 0 Å². The molecule has 0 fully saturated rings. The summed E-state index contributed by atoms with van der Waals surface area (Å²) in [7, 11) is 0. The molecule has 70 valence electrons. The Morgan fingerprint density at radius 2 is 2.46 bits per heavy atom. The number of hydrogen-bond donors (Lipinski definition) is 1. The van der Waals surface area contributed by atoms with E-state index in [2.05, 4.69) is 43.1 Å². The molecule has 0 atom stereocenters. The standard InChI is InChI=1S/C12H17N/c1-3-13-10-11(2)9-12-7-5-4-6-8-12/h3,5,7-9,13H,1,4,6,10H2,2H3/b11-9+. The lowest BCUT2D eigenvalue weighted by Gasteiger charge is -2.04. The van der Waals surface area contributed by atoms with Crippen molar-refractivity contribution in [1.29, 1.82) is 0 Å². The van der Waals surface area contributed by atoms with Crippen LogP contribution in [0.4, 0.5) is 0 Å². The van der Waals surface area contributed by atoms with Crippen molar-refractivity contribution in [1.82, 2.24) is 5.32 Å². The molecule has 1 rings (SSSR count). The van der Waals surface area contributed by atoms with Gasteiger partial charge in [0.25, 0.3) is 0 Å². The van der Waals surface area contributed by atoms with Crippen LogP contribution in [0.3, 0.4) is 0 Å². The van der Waals surface area contributed by atoms with E-state index >= 15 is 0 Å². The maximum absolute atomic E-state index is 3.61. The molecule has 13 heavy (non-hydrogen) atoms. The van der Waals surface area contributed by atoms with Gasteiger partial charge in [-0.2, -0.15) is 0 Å². The molecule has 0 aromatic carbocycles. The number of nitrogens with one attached hydrogen (secondary N) is 1. The lowest BCUT2D eigenvalue weighted by Crippen LogP contribution is -2.07. The monoisotopic (exact) mass is 175 g/mol. The van der Waals surface area contributed by atoms with Crippen molar-refractivity contribution in [3.8, 4) is 0 Å². The quantitative estimate of drug-likeness (QED) is 0.692. The van der Waals surface area contributed by atoms with Crippen molar-refractivity contribution in [2.75, 3.05) is 6.54 Å². The van der Waals surface area contributed by atoms with Gasteiger partial charge in [-0.1, -0.05) is 36.5 Å². The van der Waals surface area contributed by atoms with Gasteiger partial charge in [0.05, 0.1) is 0 Å². The number of hydrogen-bond acceptors (Lipinski definition) is 1. The predicted molar refractivity (Wildman–Crippen MR) is 58.4 cm³/mol. The molecule has 0 saturated heterocycles.